The van der Waals surface area contributed by atoms with Crippen LogP contribution in [0.5, 0.6) is 5.88 Å². The monoisotopic (exact) mass is 442 g/mol. The summed E-state index contributed by atoms with van der Waals surface area (Å²) < 4.78 is 41.1. The minimum Gasteiger partial charge on any atom is -0.493 e. The highest BCUT2D eigenvalue weighted by atomic mass is 19.4. The van der Waals surface area contributed by atoms with E-state index in [0.29, 0.717) is 15.9 Å². The first-order valence-electron chi connectivity index (χ1n) is 9.03. The number of carbonyl (C=O) groups is 1. The fourth-order valence-electron chi connectivity index (χ4n) is 2.58. The molecule has 1 amide bonds. The van der Waals surface area contributed by atoms with Gasteiger partial charge in [0.15, 0.2) is 5.69 Å². The highest BCUT2D eigenvalue weighted by molar-refractivity contribution is 6.05. The lowest BCUT2D eigenvalue weighted by Crippen LogP contribution is -2.18. The molecule has 3 heterocycles. The summed E-state index contributed by atoms with van der Waals surface area (Å²) in [4.78, 5) is 19.9. The first-order chi connectivity index (χ1) is 15.2. The molecule has 0 radical (unpaired) electrons. The van der Waals surface area contributed by atoms with Gasteiger partial charge in [-0.1, -0.05) is 12.7 Å². The van der Waals surface area contributed by atoms with Crippen molar-refractivity contribution in [2.24, 2.45) is 5.73 Å². The Bertz CT molecular complexity index is 1180. The molecule has 8 nitrogen and oxygen atoms in total. The molecule has 3 aromatic heterocycles. The van der Waals surface area contributed by atoms with E-state index in [4.69, 9.17) is 5.73 Å². The van der Waals surface area contributed by atoms with Crippen molar-refractivity contribution >= 4 is 17.4 Å². The number of carbonyl (C=O) groups excluding carboxylic acids is 1. The predicted molar refractivity (Wildman–Crippen MR) is 112 cm³/mol. The van der Waals surface area contributed by atoms with Crippen LogP contribution in [0.15, 0.2) is 79.3 Å². The smallest absolute Gasteiger partial charge is 0.433 e. The number of aromatic nitrogens is 4. The summed E-state index contributed by atoms with van der Waals surface area (Å²) in [6.07, 6.45) is 2.91. The van der Waals surface area contributed by atoms with Crippen molar-refractivity contribution in [1.29, 1.82) is 0 Å². The molecule has 3 rings (SSSR count). The van der Waals surface area contributed by atoms with Gasteiger partial charge in [-0.25, -0.2) is 9.67 Å². The van der Waals surface area contributed by atoms with Crippen LogP contribution >= 0.6 is 0 Å². The molecular weight excluding hydrogens is 425 g/mol. The molecule has 0 fully saturated rings. The quantitative estimate of drug-likeness (QED) is 0.397. The number of rotatable bonds is 6. The van der Waals surface area contributed by atoms with Crippen molar-refractivity contribution in [2.45, 2.75) is 6.18 Å². The molecule has 4 N–H and O–H groups in total. The van der Waals surface area contributed by atoms with E-state index >= 15 is 0 Å². The van der Waals surface area contributed by atoms with Crippen LogP contribution in [0.3, 0.4) is 0 Å². The first kappa shape index (κ1) is 22.3. The largest absolute Gasteiger partial charge is 0.493 e. The zero-order valence-corrected chi connectivity index (χ0v) is 16.4. The van der Waals surface area contributed by atoms with Gasteiger partial charge in [-0.2, -0.15) is 18.3 Å². The Hall–Kier alpha value is -4.41. The summed E-state index contributed by atoms with van der Waals surface area (Å²) in [5.41, 5.74) is 5.51. The lowest BCUT2D eigenvalue weighted by molar-refractivity contribution is -0.142. The Morgan fingerprint density at radius 2 is 2.00 bits per heavy atom. The molecule has 0 aromatic carbocycles. The Labute approximate surface area is 180 Å². The third-order valence-corrected chi connectivity index (χ3v) is 4.12. The van der Waals surface area contributed by atoms with Crippen molar-refractivity contribution in [3.8, 4) is 17.1 Å². The molecule has 32 heavy (non-hydrogen) atoms. The van der Waals surface area contributed by atoms with Gasteiger partial charge in [0, 0.05) is 29.6 Å². The number of nitrogens with two attached hydrogens (primary N) is 1. The molecule has 164 valence electrons. The standard InChI is InChI=1S/C21H17F3N6O2/c1-2-13(20(32)28-15-6-8-19(31)27-12-15)5-7-18(25)30-17(21(22,23)24)10-16(29-30)14-4-3-9-26-11-14/h2-12H,1,25H2,(H,27,31)(H,28,32)/b13-5+,18-7+. The number of hydrogen-bond acceptors (Lipinski definition) is 6. The number of pyridine rings is 2. The first-order valence-corrected chi connectivity index (χ1v) is 9.03. The number of amides is 1. The summed E-state index contributed by atoms with van der Waals surface area (Å²) >= 11 is 0. The van der Waals surface area contributed by atoms with Gasteiger partial charge in [-0.3, -0.25) is 9.78 Å². The minimum absolute atomic E-state index is 0.0224. The summed E-state index contributed by atoms with van der Waals surface area (Å²) in [7, 11) is 0. The van der Waals surface area contributed by atoms with Crippen molar-refractivity contribution in [3.63, 3.8) is 0 Å². The van der Waals surface area contributed by atoms with Crippen LogP contribution in [0.1, 0.15) is 5.69 Å². The van der Waals surface area contributed by atoms with Crippen LogP contribution in [-0.2, 0) is 11.0 Å². The van der Waals surface area contributed by atoms with Gasteiger partial charge in [0.1, 0.15) is 5.82 Å². The van der Waals surface area contributed by atoms with Gasteiger partial charge in [-0.05, 0) is 36.4 Å². The molecular formula is C21H17F3N6O2. The average Bonchev–Trinajstić information content (AvgIpc) is 3.23. The van der Waals surface area contributed by atoms with Gasteiger partial charge in [-0.15, -0.1) is 0 Å². The molecule has 3 aromatic rings. The summed E-state index contributed by atoms with van der Waals surface area (Å²) in [5, 5.41) is 15.6. The van der Waals surface area contributed by atoms with E-state index in [0.717, 1.165) is 12.1 Å². The van der Waals surface area contributed by atoms with Crippen molar-refractivity contribution in [2.75, 3.05) is 5.32 Å². The van der Waals surface area contributed by atoms with Gasteiger partial charge >= 0.3 is 6.18 Å². The van der Waals surface area contributed by atoms with Crippen molar-refractivity contribution in [1.82, 2.24) is 19.7 Å². The normalized spacial score (nSPS) is 12.5. The maximum atomic E-state index is 13.5. The molecule has 0 aliphatic heterocycles. The van der Waals surface area contributed by atoms with Crippen LogP contribution in [0.2, 0.25) is 0 Å². The number of aromatic hydroxyl groups is 1. The topological polar surface area (TPSA) is 119 Å². The molecule has 0 saturated heterocycles. The van der Waals surface area contributed by atoms with Gasteiger partial charge in [0.2, 0.25) is 5.88 Å². The second kappa shape index (κ2) is 9.16. The lowest BCUT2D eigenvalue weighted by atomic mass is 10.2. The molecule has 0 bridgehead atoms. The number of nitrogens with zero attached hydrogens (tertiary/aromatic N) is 4. The highest BCUT2D eigenvalue weighted by Crippen LogP contribution is 2.33. The van der Waals surface area contributed by atoms with E-state index in [1.807, 2.05) is 0 Å². The van der Waals surface area contributed by atoms with E-state index in [-0.39, 0.29) is 23.0 Å². The van der Waals surface area contributed by atoms with Crippen molar-refractivity contribution in [3.05, 3.63) is 85.0 Å². The van der Waals surface area contributed by atoms with Crippen molar-refractivity contribution < 1.29 is 23.1 Å². The van der Waals surface area contributed by atoms with Gasteiger partial charge in [0.05, 0.1) is 17.6 Å². The van der Waals surface area contributed by atoms with Crippen LogP contribution < -0.4 is 11.1 Å². The fraction of sp³-hybridized carbons (Fsp3) is 0.0476. The molecule has 0 atom stereocenters. The SMILES string of the molecule is C=C/C(=C\C=C(/N)n1nc(-c2cccnc2)cc1C(F)(F)F)C(=O)Nc1ccc(O)nc1. The van der Waals surface area contributed by atoms with Crippen LogP contribution in [0, 0.1) is 0 Å². The molecule has 0 saturated carbocycles. The molecule has 11 heteroatoms. The molecule has 0 spiro atoms. The van der Waals surface area contributed by atoms with Gasteiger partial charge < -0.3 is 16.2 Å². The zero-order chi connectivity index (χ0) is 23.3. The molecule has 0 aliphatic carbocycles. The van der Waals surface area contributed by atoms with E-state index in [1.165, 1.54) is 42.9 Å². The Balaban J connectivity index is 1.91. The van der Waals surface area contributed by atoms with Gasteiger partial charge in [0.25, 0.3) is 5.91 Å². The molecule has 0 unspecified atom stereocenters. The number of hydrogen-bond donors (Lipinski definition) is 3. The predicted octanol–water partition coefficient (Wildman–Crippen LogP) is 3.57. The van der Waals surface area contributed by atoms with Crippen LogP contribution in [0.25, 0.3) is 17.1 Å². The Morgan fingerprint density at radius 3 is 2.59 bits per heavy atom. The molecule has 0 aliphatic rings. The number of anilines is 1. The third-order valence-electron chi connectivity index (χ3n) is 4.12. The minimum atomic E-state index is -4.72. The summed E-state index contributed by atoms with van der Waals surface area (Å²) in [6.45, 7) is 3.52. The Kier molecular flexibility index (Phi) is 6.38. The number of nitrogens with one attached hydrogen (secondary N) is 1. The highest BCUT2D eigenvalue weighted by Gasteiger charge is 2.36. The van der Waals surface area contributed by atoms with E-state index in [2.05, 4.69) is 27.0 Å². The third kappa shape index (κ3) is 5.19. The number of alkyl halides is 3. The number of halogens is 3. The van der Waals surface area contributed by atoms with Crippen LogP contribution in [0.4, 0.5) is 18.9 Å². The Morgan fingerprint density at radius 1 is 1.22 bits per heavy atom. The van der Waals surface area contributed by atoms with Crippen LogP contribution in [-0.4, -0.2) is 30.8 Å². The fourth-order valence-corrected chi connectivity index (χ4v) is 2.58. The van der Waals surface area contributed by atoms with E-state index < -0.39 is 17.8 Å². The zero-order valence-electron chi connectivity index (χ0n) is 16.4. The summed E-state index contributed by atoms with van der Waals surface area (Å²) in [5.74, 6) is -1.20. The van der Waals surface area contributed by atoms with E-state index in [1.54, 1.807) is 12.1 Å². The second-order valence-corrected chi connectivity index (χ2v) is 6.34. The second-order valence-electron chi connectivity index (χ2n) is 6.34. The van der Waals surface area contributed by atoms with E-state index in [9.17, 15) is 23.1 Å². The lowest BCUT2D eigenvalue weighted by Gasteiger charge is -2.10. The average molecular weight is 442 g/mol. The maximum Gasteiger partial charge on any atom is 0.433 e. The maximum absolute atomic E-state index is 13.5. The number of allylic oxidation sites excluding steroid dienone is 2. The summed E-state index contributed by atoms with van der Waals surface area (Å²) in [6, 6.07) is 6.70.